The maximum absolute atomic E-state index is 13.3. The van der Waals surface area contributed by atoms with Gasteiger partial charge in [0.1, 0.15) is 11.6 Å². The van der Waals surface area contributed by atoms with Crippen molar-refractivity contribution in [2.24, 2.45) is 5.10 Å². The Morgan fingerprint density at radius 2 is 2.17 bits per heavy atom. The zero-order valence-corrected chi connectivity index (χ0v) is 13.2. The van der Waals surface area contributed by atoms with Gasteiger partial charge in [0.25, 0.3) is 5.91 Å². The number of methoxy groups -OCH3 is 1. The number of carbonyl (C=O) groups is 1. The summed E-state index contributed by atoms with van der Waals surface area (Å²) in [5, 5.41) is 15.2. The highest BCUT2D eigenvalue weighted by molar-refractivity contribution is 6.05. The summed E-state index contributed by atoms with van der Waals surface area (Å²) in [5.74, 6) is -0.153. The fourth-order valence-corrected chi connectivity index (χ4v) is 2.67. The van der Waals surface area contributed by atoms with Gasteiger partial charge in [-0.05, 0) is 42.0 Å². The van der Waals surface area contributed by atoms with Crippen molar-refractivity contribution in [2.45, 2.75) is 13.0 Å². The van der Waals surface area contributed by atoms with Crippen LogP contribution in [0.25, 0.3) is 0 Å². The molecule has 0 saturated heterocycles. The number of rotatable bonds is 4. The first-order valence-electron chi connectivity index (χ1n) is 7.55. The highest BCUT2D eigenvalue weighted by Crippen LogP contribution is 2.23. The number of aliphatic hydroxyl groups excluding tert-OH is 1. The van der Waals surface area contributed by atoms with Crippen molar-refractivity contribution in [3.63, 3.8) is 0 Å². The van der Waals surface area contributed by atoms with Gasteiger partial charge in [-0.3, -0.25) is 4.79 Å². The van der Waals surface area contributed by atoms with Crippen LogP contribution >= 0.6 is 0 Å². The van der Waals surface area contributed by atoms with E-state index in [1.807, 2.05) is 6.07 Å². The number of hydrogen-bond donors (Lipinski definition) is 1. The second-order valence-electron chi connectivity index (χ2n) is 5.42. The molecule has 6 heteroatoms. The Hall–Kier alpha value is -2.73. The van der Waals surface area contributed by atoms with E-state index in [0.717, 1.165) is 5.56 Å². The van der Waals surface area contributed by atoms with Crippen LogP contribution in [0.5, 0.6) is 5.75 Å². The van der Waals surface area contributed by atoms with E-state index in [1.54, 1.807) is 25.3 Å². The molecule has 2 aromatic rings. The molecule has 0 fully saturated rings. The summed E-state index contributed by atoms with van der Waals surface area (Å²) in [6.45, 7) is 0.269. The van der Waals surface area contributed by atoms with Crippen LogP contribution in [0.2, 0.25) is 0 Å². The lowest BCUT2D eigenvalue weighted by atomic mass is 10.0. The number of carbonyl (C=O) groups excluding carboxylic acids is 1. The predicted molar refractivity (Wildman–Crippen MR) is 87.5 cm³/mol. The minimum atomic E-state index is -0.457. The van der Waals surface area contributed by atoms with Crippen LogP contribution in [-0.2, 0) is 6.61 Å². The lowest BCUT2D eigenvalue weighted by Crippen LogP contribution is -2.23. The molecular weight excluding hydrogens is 311 g/mol. The third kappa shape index (κ3) is 3.14. The Balaban J connectivity index is 1.87. The van der Waals surface area contributed by atoms with E-state index in [4.69, 9.17) is 4.74 Å². The number of halogens is 1. The summed E-state index contributed by atoms with van der Waals surface area (Å²) >= 11 is 0. The Morgan fingerprint density at radius 3 is 2.88 bits per heavy atom. The lowest BCUT2D eigenvalue weighted by Gasteiger charge is -2.11. The van der Waals surface area contributed by atoms with Crippen molar-refractivity contribution in [1.82, 2.24) is 5.01 Å². The van der Waals surface area contributed by atoms with Gasteiger partial charge in [0.05, 0.1) is 26.0 Å². The molecule has 0 saturated carbocycles. The number of hydrazone groups is 1. The fourth-order valence-electron chi connectivity index (χ4n) is 2.67. The van der Waals surface area contributed by atoms with Gasteiger partial charge in [-0.2, -0.15) is 5.10 Å². The van der Waals surface area contributed by atoms with Crippen LogP contribution in [0.3, 0.4) is 0 Å². The van der Waals surface area contributed by atoms with Gasteiger partial charge in [-0.15, -0.1) is 0 Å². The van der Waals surface area contributed by atoms with Gasteiger partial charge in [0.15, 0.2) is 0 Å². The minimum absolute atomic E-state index is 0.149. The maximum atomic E-state index is 13.3. The molecule has 1 N–H and O–H groups in total. The lowest BCUT2D eigenvalue weighted by molar-refractivity contribution is 0.0778. The van der Waals surface area contributed by atoms with E-state index < -0.39 is 5.82 Å². The smallest absolute Gasteiger partial charge is 0.274 e. The summed E-state index contributed by atoms with van der Waals surface area (Å²) < 4.78 is 18.4. The van der Waals surface area contributed by atoms with Gasteiger partial charge in [-0.1, -0.05) is 6.07 Å². The van der Waals surface area contributed by atoms with Crippen molar-refractivity contribution < 1.29 is 19.0 Å². The van der Waals surface area contributed by atoms with Gasteiger partial charge in [0, 0.05) is 17.5 Å². The standard InChI is InChI=1S/C18H17FN2O3/c1-24-15-5-6-16(13(10-15)11-22)17-7-8-21(20-17)18(23)12-3-2-4-14(19)9-12/h2-6,9-10,22H,7-8,11H2,1H3. The molecule has 0 aliphatic carbocycles. The molecule has 2 aromatic carbocycles. The zero-order valence-electron chi connectivity index (χ0n) is 13.2. The summed E-state index contributed by atoms with van der Waals surface area (Å²) in [7, 11) is 1.56. The molecule has 0 unspecified atom stereocenters. The molecular formula is C18H17FN2O3. The Bertz CT molecular complexity index is 805. The molecule has 0 atom stereocenters. The van der Waals surface area contributed by atoms with E-state index in [2.05, 4.69) is 5.10 Å². The summed E-state index contributed by atoms with van der Waals surface area (Å²) in [4.78, 5) is 12.4. The molecule has 3 rings (SSSR count). The number of ether oxygens (including phenoxy) is 1. The SMILES string of the molecule is COc1ccc(C2=NN(C(=O)c3cccc(F)c3)CC2)c(CO)c1. The molecule has 1 aliphatic rings. The van der Waals surface area contributed by atoms with Crippen molar-refractivity contribution in [3.8, 4) is 5.75 Å². The van der Waals surface area contributed by atoms with E-state index >= 15 is 0 Å². The second-order valence-corrected chi connectivity index (χ2v) is 5.42. The van der Waals surface area contributed by atoms with Gasteiger partial charge in [-0.25, -0.2) is 9.40 Å². The van der Waals surface area contributed by atoms with Crippen LogP contribution in [-0.4, -0.2) is 35.4 Å². The largest absolute Gasteiger partial charge is 0.497 e. The first-order chi connectivity index (χ1) is 11.6. The molecule has 5 nitrogen and oxygen atoms in total. The first kappa shape index (κ1) is 16.1. The predicted octanol–water partition coefficient (Wildman–Crippen LogP) is 2.58. The average molecular weight is 328 g/mol. The maximum Gasteiger partial charge on any atom is 0.274 e. The molecule has 0 radical (unpaired) electrons. The number of hydrogen-bond acceptors (Lipinski definition) is 4. The molecule has 24 heavy (non-hydrogen) atoms. The van der Waals surface area contributed by atoms with Gasteiger partial charge >= 0.3 is 0 Å². The van der Waals surface area contributed by atoms with Crippen molar-refractivity contribution in [1.29, 1.82) is 0 Å². The average Bonchev–Trinajstić information content (AvgIpc) is 3.10. The number of benzene rings is 2. The van der Waals surface area contributed by atoms with Crippen molar-refractivity contribution >= 4 is 11.6 Å². The van der Waals surface area contributed by atoms with Crippen LogP contribution in [0.15, 0.2) is 47.6 Å². The van der Waals surface area contributed by atoms with E-state index in [1.165, 1.54) is 23.2 Å². The van der Waals surface area contributed by atoms with Crippen LogP contribution in [0, 0.1) is 5.82 Å². The molecule has 0 spiro atoms. The van der Waals surface area contributed by atoms with E-state index in [-0.39, 0.29) is 18.1 Å². The number of aliphatic hydroxyl groups is 1. The van der Waals surface area contributed by atoms with Crippen LogP contribution in [0.1, 0.15) is 27.9 Å². The minimum Gasteiger partial charge on any atom is -0.497 e. The monoisotopic (exact) mass is 328 g/mol. The Kier molecular flexibility index (Phi) is 4.57. The number of nitrogens with zero attached hydrogens (tertiary/aromatic N) is 2. The van der Waals surface area contributed by atoms with Crippen molar-refractivity contribution in [3.05, 3.63) is 65.0 Å². The van der Waals surface area contributed by atoms with Gasteiger partial charge in [0.2, 0.25) is 0 Å². The number of amides is 1. The van der Waals surface area contributed by atoms with Crippen molar-refractivity contribution in [2.75, 3.05) is 13.7 Å². The summed E-state index contributed by atoms with van der Waals surface area (Å²) in [5.41, 5.74) is 2.45. The fraction of sp³-hybridized carbons (Fsp3) is 0.222. The normalized spacial score (nSPS) is 13.8. The van der Waals surface area contributed by atoms with Crippen LogP contribution in [0.4, 0.5) is 4.39 Å². The van der Waals surface area contributed by atoms with Gasteiger partial charge < -0.3 is 9.84 Å². The van der Waals surface area contributed by atoms with Crippen LogP contribution < -0.4 is 4.74 Å². The molecule has 1 amide bonds. The summed E-state index contributed by atoms with van der Waals surface area (Å²) in [6.07, 6.45) is 0.570. The molecule has 0 aromatic heterocycles. The highest BCUT2D eigenvalue weighted by Gasteiger charge is 2.24. The molecule has 1 aliphatic heterocycles. The first-order valence-corrected chi connectivity index (χ1v) is 7.55. The Morgan fingerprint density at radius 1 is 1.33 bits per heavy atom. The van der Waals surface area contributed by atoms with E-state index in [9.17, 15) is 14.3 Å². The third-order valence-electron chi connectivity index (χ3n) is 3.90. The molecule has 1 heterocycles. The topological polar surface area (TPSA) is 62.1 Å². The second kappa shape index (κ2) is 6.80. The Labute approximate surface area is 139 Å². The third-order valence-corrected chi connectivity index (χ3v) is 3.90. The molecule has 124 valence electrons. The highest BCUT2D eigenvalue weighted by atomic mass is 19.1. The van der Waals surface area contributed by atoms with E-state index in [0.29, 0.717) is 30.0 Å². The summed E-state index contributed by atoms with van der Waals surface area (Å²) in [6, 6.07) is 10.9. The zero-order chi connectivity index (χ0) is 17.1. The molecule has 0 bridgehead atoms. The quantitative estimate of drug-likeness (QED) is 0.938.